The van der Waals surface area contributed by atoms with Gasteiger partial charge in [0.1, 0.15) is 0 Å². The van der Waals surface area contributed by atoms with Crippen molar-refractivity contribution in [2.45, 2.75) is 6.92 Å². The first-order valence-corrected chi connectivity index (χ1v) is 8.09. The van der Waals surface area contributed by atoms with Gasteiger partial charge in [0, 0.05) is 5.02 Å². The zero-order valence-electron chi connectivity index (χ0n) is 14.5. The lowest BCUT2D eigenvalue weighted by atomic mass is 9.91. The Morgan fingerprint density at radius 1 is 0.846 bits per heavy atom. The molecule has 0 spiro atoms. The van der Waals surface area contributed by atoms with E-state index in [4.69, 9.17) is 25.8 Å². The minimum Gasteiger partial charge on any atom is -0.465 e. The molecule has 0 N–H and O–H groups in total. The first kappa shape index (κ1) is 19.5. The Hall–Kier alpha value is -2.86. The van der Waals surface area contributed by atoms with E-state index < -0.39 is 17.9 Å². The molecule has 0 aliphatic rings. The van der Waals surface area contributed by atoms with Crippen molar-refractivity contribution in [1.29, 1.82) is 0 Å². The van der Waals surface area contributed by atoms with E-state index in [0.29, 0.717) is 16.1 Å². The minimum absolute atomic E-state index is 0.0658. The third kappa shape index (κ3) is 3.86. The molecule has 136 valence electrons. The number of hydrogen-bond donors (Lipinski definition) is 0. The van der Waals surface area contributed by atoms with Crippen molar-refractivity contribution in [1.82, 2.24) is 0 Å². The lowest BCUT2D eigenvalue weighted by Crippen LogP contribution is -2.19. The highest BCUT2D eigenvalue weighted by atomic mass is 35.5. The molecule has 2 rings (SSSR count). The fourth-order valence-electron chi connectivity index (χ4n) is 2.48. The molecule has 0 aliphatic carbocycles. The van der Waals surface area contributed by atoms with E-state index in [0.717, 1.165) is 7.11 Å². The van der Waals surface area contributed by atoms with Crippen LogP contribution in [0.3, 0.4) is 0 Å². The van der Waals surface area contributed by atoms with Crippen LogP contribution >= 0.6 is 11.6 Å². The smallest absolute Gasteiger partial charge is 0.339 e. The average Bonchev–Trinajstić information content (AvgIpc) is 2.66. The van der Waals surface area contributed by atoms with E-state index in [-0.39, 0.29) is 23.3 Å². The maximum absolute atomic E-state index is 12.6. The van der Waals surface area contributed by atoms with Crippen molar-refractivity contribution < 1.29 is 28.6 Å². The van der Waals surface area contributed by atoms with Gasteiger partial charge in [-0.2, -0.15) is 0 Å². The monoisotopic (exact) mass is 376 g/mol. The molecule has 0 amide bonds. The summed E-state index contributed by atoms with van der Waals surface area (Å²) in [5.74, 6) is -2.36. The van der Waals surface area contributed by atoms with Gasteiger partial charge in [0.05, 0.1) is 37.5 Å². The maximum Gasteiger partial charge on any atom is 0.339 e. The normalized spacial score (nSPS) is 10.2. The summed E-state index contributed by atoms with van der Waals surface area (Å²) in [6, 6.07) is 9.65. The van der Waals surface area contributed by atoms with Gasteiger partial charge in [0.15, 0.2) is 0 Å². The Labute approximate surface area is 155 Å². The van der Waals surface area contributed by atoms with Gasteiger partial charge in [0.2, 0.25) is 0 Å². The number of carbonyl (C=O) groups is 3. The van der Waals surface area contributed by atoms with Gasteiger partial charge in [-0.25, -0.2) is 14.4 Å². The molecule has 7 heteroatoms. The van der Waals surface area contributed by atoms with Gasteiger partial charge >= 0.3 is 17.9 Å². The largest absolute Gasteiger partial charge is 0.465 e. The molecule has 0 fully saturated rings. The first-order valence-electron chi connectivity index (χ1n) is 7.71. The molecule has 26 heavy (non-hydrogen) atoms. The third-order valence-electron chi connectivity index (χ3n) is 3.63. The van der Waals surface area contributed by atoms with Gasteiger partial charge in [-0.05, 0) is 36.2 Å². The van der Waals surface area contributed by atoms with Crippen molar-refractivity contribution in [2.24, 2.45) is 0 Å². The fraction of sp³-hybridized carbons (Fsp3) is 0.211. The van der Waals surface area contributed by atoms with Crippen molar-refractivity contribution in [3.8, 4) is 11.1 Å². The van der Waals surface area contributed by atoms with Crippen molar-refractivity contribution >= 4 is 29.5 Å². The second-order valence-corrected chi connectivity index (χ2v) is 5.56. The van der Waals surface area contributed by atoms with Crippen LogP contribution in [0.15, 0.2) is 36.4 Å². The number of hydrogen-bond acceptors (Lipinski definition) is 6. The van der Waals surface area contributed by atoms with E-state index >= 15 is 0 Å². The second-order valence-electron chi connectivity index (χ2n) is 5.12. The SMILES string of the molecule is CCOC(=O)c1c(-c2ccc(Cl)cc2)ccc(C(=O)OC)c1C(=O)OC. The van der Waals surface area contributed by atoms with E-state index in [2.05, 4.69) is 0 Å². The van der Waals surface area contributed by atoms with Gasteiger partial charge in [-0.15, -0.1) is 0 Å². The molecule has 0 unspecified atom stereocenters. The van der Waals surface area contributed by atoms with Crippen LogP contribution < -0.4 is 0 Å². The van der Waals surface area contributed by atoms with E-state index in [9.17, 15) is 14.4 Å². The lowest BCUT2D eigenvalue weighted by molar-refractivity contribution is 0.0500. The van der Waals surface area contributed by atoms with Crippen LogP contribution in [0.4, 0.5) is 0 Å². The molecule has 0 aliphatic heterocycles. The number of halogens is 1. The Balaban J connectivity index is 2.83. The topological polar surface area (TPSA) is 78.9 Å². The Bertz CT molecular complexity index is 842. The zero-order chi connectivity index (χ0) is 19.3. The molecular weight excluding hydrogens is 360 g/mol. The van der Waals surface area contributed by atoms with Crippen LogP contribution in [0.5, 0.6) is 0 Å². The summed E-state index contributed by atoms with van der Waals surface area (Å²) in [5, 5.41) is 0.519. The summed E-state index contributed by atoms with van der Waals surface area (Å²) < 4.78 is 14.6. The van der Waals surface area contributed by atoms with Crippen LogP contribution in [-0.2, 0) is 14.2 Å². The lowest BCUT2D eigenvalue weighted by Gasteiger charge is -2.16. The highest BCUT2D eigenvalue weighted by Crippen LogP contribution is 2.31. The number of methoxy groups -OCH3 is 2. The van der Waals surface area contributed by atoms with E-state index in [1.807, 2.05) is 0 Å². The Morgan fingerprint density at radius 3 is 2.00 bits per heavy atom. The van der Waals surface area contributed by atoms with Crippen LogP contribution in [0.25, 0.3) is 11.1 Å². The molecule has 6 nitrogen and oxygen atoms in total. The van der Waals surface area contributed by atoms with Crippen LogP contribution in [-0.4, -0.2) is 38.7 Å². The summed E-state index contributed by atoms with van der Waals surface area (Å²) in [7, 11) is 2.34. The first-order chi connectivity index (χ1) is 12.4. The molecule has 2 aromatic rings. The Morgan fingerprint density at radius 2 is 1.46 bits per heavy atom. The van der Waals surface area contributed by atoms with E-state index in [1.54, 1.807) is 37.3 Å². The fourth-order valence-corrected chi connectivity index (χ4v) is 2.61. The number of carbonyl (C=O) groups excluding carboxylic acids is 3. The van der Waals surface area contributed by atoms with Crippen molar-refractivity contribution in [3.63, 3.8) is 0 Å². The predicted octanol–water partition coefficient (Wildman–Crippen LogP) is 3.76. The Kier molecular flexibility index (Phi) is 6.36. The zero-order valence-corrected chi connectivity index (χ0v) is 15.3. The third-order valence-corrected chi connectivity index (χ3v) is 3.89. The van der Waals surface area contributed by atoms with Crippen LogP contribution in [0, 0.1) is 0 Å². The van der Waals surface area contributed by atoms with Crippen molar-refractivity contribution in [3.05, 3.63) is 58.1 Å². The summed E-state index contributed by atoms with van der Waals surface area (Å²) >= 11 is 5.91. The highest BCUT2D eigenvalue weighted by molar-refractivity contribution is 6.30. The van der Waals surface area contributed by atoms with Crippen LogP contribution in [0.2, 0.25) is 5.02 Å². The van der Waals surface area contributed by atoms with Gasteiger partial charge in [0.25, 0.3) is 0 Å². The predicted molar refractivity (Wildman–Crippen MR) is 95.5 cm³/mol. The standard InChI is InChI=1S/C19H17ClO6/c1-4-26-19(23)15-13(11-5-7-12(20)8-6-11)9-10-14(17(21)24-2)16(15)18(22)25-3/h5-10H,4H2,1-3H3. The molecular formula is C19H17ClO6. The number of esters is 3. The maximum atomic E-state index is 12.6. The molecule has 0 bridgehead atoms. The molecule has 2 aromatic carbocycles. The van der Waals surface area contributed by atoms with Crippen LogP contribution in [0.1, 0.15) is 38.0 Å². The van der Waals surface area contributed by atoms with Gasteiger partial charge < -0.3 is 14.2 Å². The van der Waals surface area contributed by atoms with Gasteiger partial charge in [-0.1, -0.05) is 29.8 Å². The molecule has 0 saturated carbocycles. The summed E-state index contributed by atoms with van der Waals surface area (Å²) in [6.07, 6.45) is 0. The summed E-state index contributed by atoms with van der Waals surface area (Å²) in [6.45, 7) is 1.74. The quantitative estimate of drug-likeness (QED) is 0.584. The molecule has 0 atom stereocenters. The minimum atomic E-state index is -0.843. The summed E-state index contributed by atoms with van der Waals surface area (Å²) in [5.41, 5.74) is 0.682. The highest BCUT2D eigenvalue weighted by Gasteiger charge is 2.29. The van der Waals surface area contributed by atoms with Gasteiger partial charge in [-0.3, -0.25) is 0 Å². The number of ether oxygens (including phenoxy) is 3. The number of rotatable bonds is 5. The van der Waals surface area contributed by atoms with E-state index in [1.165, 1.54) is 13.2 Å². The molecule has 0 heterocycles. The molecule has 0 radical (unpaired) electrons. The number of benzene rings is 2. The summed E-state index contributed by atoms with van der Waals surface area (Å²) in [4.78, 5) is 37.0. The van der Waals surface area contributed by atoms with Crippen molar-refractivity contribution in [2.75, 3.05) is 20.8 Å². The molecule has 0 aromatic heterocycles. The molecule has 0 saturated heterocycles. The average molecular weight is 377 g/mol. The second kappa shape index (κ2) is 8.49.